The van der Waals surface area contributed by atoms with E-state index in [1.165, 1.54) is 23.9 Å². The Morgan fingerprint density at radius 1 is 1.62 bits per heavy atom. The number of nitrogens with one attached hydrogen (secondary N) is 1. The summed E-state index contributed by atoms with van der Waals surface area (Å²) in [6.07, 6.45) is 0. The van der Waals surface area contributed by atoms with E-state index < -0.39 is 4.92 Å². The lowest BCUT2D eigenvalue weighted by atomic mass is 10.4. The van der Waals surface area contributed by atoms with Crippen molar-refractivity contribution in [1.82, 2.24) is 4.98 Å². The lowest BCUT2D eigenvalue weighted by Gasteiger charge is -2.05. The molecule has 1 aromatic rings. The van der Waals surface area contributed by atoms with E-state index in [1.54, 1.807) is 0 Å². The monoisotopic (exact) mass is 243 g/mol. The molecule has 2 N–H and O–H groups in total. The Bertz CT molecular complexity index is 373. The lowest BCUT2D eigenvalue weighted by Crippen LogP contribution is -2.01. The molecule has 0 aliphatic carbocycles. The second kappa shape index (κ2) is 6.29. The highest BCUT2D eigenvalue weighted by Gasteiger charge is 2.10. The number of thioether (sulfide) groups is 1. The number of hydrogen-bond acceptors (Lipinski definition) is 6. The summed E-state index contributed by atoms with van der Waals surface area (Å²) in [5.41, 5.74) is 0.00592. The molecule has 1 rings (SSSR count). The van der Waals surface area contributed by atoms with Crippen LogP contribution < -0.4 is 5.32 Å². The highest BCUT2D eigenvalue weighted by Crippen LogP contribution is 2.24. The third-order valence-electron chi connectivity index (χ3n) is 1.70. The summed E-state index contributed by atoms with van der Waals surface area (Å²) in [5.74, 6) is 0.955. The summed E-state index contributed by atoms with van der Waals surface area (Å²) in [7, 11) is 0. The zero-order valence-corrected chi connectivity index (χ0v) is 9.66. The maximum absolute atomic E-state index is 10.7. The summed E-state index contributed by atoms with van der Waals surface area (Å²) in [6, 6.07) is 2.80. The van der Waals surface area contributed by atoms with Gasteiger partial charge in [0.05, 0.1) is 17.6 Å². The molecule has 1 aromatic heterocycles. The summed E-state index contributed by atoms with van der Waals surface area (Å²) in [5, 5.41) is 22.8. The maximum atomic E-state index is 10.7. The molecular weight excluding hydrogens is 230 g/mol. The fourth-order valence-electron chi connectivity index (χ4n) is 1.09. The number of aliphatic hydroxyl groups excluding tert-OH is 1. The number of pyridine rings is 1. The molecule has 0 atom stereocenters. The van der Waals surface area contributed by atoms with Crippen LogP contribution in [0.5, 0.6) is 0 Å². The van der Waals surface area contributed by atoms with E-state index in [1.807, 2.05) is 6.92 Å². The van der Waals surface area contributed by atoms with Crippen LogP contribution in [0.1, 0.15) is 6.92 Å². The fraction of sp³-hybridized carbons (Fsp3) is 0.444. The zero-order chi connectivity index (χ0) is 12.0. The van der Waals surface area contributed by atoms with Crippen LogP contribution in [0, 0.1) is 10.1 Å². The van der Waals surface area contributed by atoms with Gasteiger partial charge in [0.15, 0.2) is 0 Å². The van der Waals surface area contributed by atoms with Gasteiger partial charge in [0.2, 0.25) is 0 Å². The molecule has 0 spiro atoms. The molecule has 0 radical (unpaired) electrons. The zero-order valence-electron chi connectivity index (χ0n) is 8.84. The van der Waals surface area contributed by atoms with E-state index in [2.05, 4.69) is 10.3 Å². The second-order valence-corrected chi connectivity index (χ2v) is 4.02. The quantitative estimate of drug-likeness (QED) is 0.447. The number of nitrogens with zero attached hydrogens (tertiary/aromatic N) is 2. The highest BCUT2D eigenvalue weighted by molar-refractivity contribution is 7.99. The van der Waals surface area contributed by atoms with Gasteiger partial charge in [-0.3, -0.25) is 10.1 Å². The van der Waals surface area contributed by atoms with Gasteiger partial charge in [0.25, 0.3) is 5.69 Å². The molecule has 6 nitrogen and oxygen atoms in total. The number of aliphatic hydroxyl groups is 1. The Hall–Kier alpha value is -1.34. The normalized spacial score (nSPS) is 10.1. The number of rotatable bonds is 6. The van der Waals surface area contributed by atoms with E-state index in [0.29, 0.717) is 23.1 Å². The molecule has 7 heteroatoms. The Balaban J connectivity index is 2.93. The third-order valence-corrected chi connectivity index (χ3v) is 2.59. The molecule has 0 aliphatic heterocycles. The smallest absolute Gasteiger partial charge is 0.275 e. The van der Waals surface area contributed by atoms with Gasteiger partial charge in [-0.1, -0.05) is 0 Å². The first-order valence-electron chi connectivity index (χ1n) is 4.81. The predicted molar refractivity (Wildman–Crippen MR) is 62.9 cm³/mol. The van der Waals surface area contributed by atoms with E-state index in [9.17, 15) is 10.1 Å². The fourth-order valence-corrected chi connectivity index (χ4v) is 1.76. The minimum atomic E-state index is -0.453. The number of aromatic nitrogens is 1. The molecule has 88 valence electrons. The van der Waals surface area contributed by atoms with Crippen LogP contribution in [0.3, 0.4) is 0 Å². The molecule has 0 fully saturated rings. The molecule has 0 amide bonds. The number of anilines is 1. The van der Waals surface area contributed by atoms with Gasteiger partial charge in [0, 0.05) is 18.4 Å². The van der Waals surface area contributed by atoms with E-state index in [0.717, 1.165) is 0 Å². The molecule has 0 saturated carbocycles. The molecule has 0 saturated heterocycles. The minimum Gasteiger partial charge on any atom is -0.396 e. The first-order chi connectivity index (χ1) is 7.67. The molecule has 1 heterocycles. The van der Waals surface area contributed by atoms with Crippen LogP contribution in [-0.2, 0) is 0 Å². The van der Waals surface area contributed by atoms with Crippen LogP contribution in [0.25, 0.3) is 0 Å². The van der Waals surface area contributed by atoms with Crippen LogP contribution in [-0.4, -0.2) is 33.9 Å². The van der Waals surface area contributed by atoms with Crippen molar-refractivity contribution in [2.24, 2.45) is 0 Å². The van der Waals surface area contributed by atoms with Crippen LogP contribution in [0.2, 0.25) is 0 Å². The molecule has 0 bridgehead atoms. The van der Waals surface area contributed by atoms with Gasteiger partial charge in [-0.15, -0.1) is 11.8 Å². The maximum Gasteiger partial charge on any atom is 0.275 e. The summed E-state index contributed by atoms with van der Waals surface area (Å²) in [4.78, 5) is 14.4. The van der Waals surface area contributed by atoms with Gasteiger partial charge in [-0.05, 0) is 6.92 Å². The van der Waals surface area contributed by atoms with Crippen molar-refractivity contribution in [3.05, 3.63) is 22.2 Å². The van der Waals surface area contributed by atoms with Crippen LogP contribution in [0.4, 0.5) is 11.5 Å². The van der Waals surface area contributed by atoms with Crippen molar-refractivity contribution >= 4 is 23.3 Å². The van der Waals surface area contributed by atoms with Crippen molar-refractivity contribution in [2.75, 3.05) is 24.2 Å². The Morgan fingerprint density at radius 3 is 2.94 bits per heavy atom. The first kappa shape index (κ1) is 12.7. The predicted octanol–water partition coefficient (Wildman–Crippen LogP) is 1.51. The summed E-state index contributed by atoms with van der Waals surface area (Å²) < 4.78 is 0. The molecule has 0 aromatic carbocycles. The average Bonchev–Trinajstić information content (AvgIpc) is 2.26. The molecule has 0 aliphatic rings. The topological polar surface area (TPSA) is 88.3 Å². The largest absolute Gasteiger partial charge is 0.396 e. The first-order valence-corrected chi connectivity index (χ1v) is 5.80. The van der Waals surface area contributed by atoms with Crippen molar-refractivity contribution in [3.8, 4) is 0 Å². The average molecular weight is 243 g/mol. The van der Waals surface area contributed by atoms with E-state index in [4.69, 9.17) is 5.11 Å². The lowest BCUT2D eigenvalue weighted by molar-refractivity contribution is -0.385. The van der Waals surface area contributed by atoms with Crippen molar-refractivity contribution in [3.63, 3.8) is 0 Å². The highest BCUT2D eigenvalue weighted by atomic mass is 32.2. The second-order valence-electron chi connectivity index (χ2n) is 2.91. The minimum absolute atomic E-state index is 0.00592. The van der Waals surface area contributed by atoms with Gasteiger partial charge < -0.3 is 10.4 Å². The van der Waals surface area contributed by atoms with Crippen LogP contribution >= 0.6 is 11.8 Å². The van der Waals surface area contributed by atoms with Gasteiger partial charge in [0.1, 0.15) is 10.8 Å². The number of hydrogen-bond donors (Lipinski definition) is 2. The van der Waals surface area contributed by atoms with E-state index >= 15 is 0 Å². The number of nitro groups is 1. The Morgan fingerprint density at radius 2 is 2.38 bits per heavy atom. The van der Waals surface area contributed by atoms with Gasteiger partial charge in [-0.2, -0.15) is 0 Å². The van der Waals surface area contributed by atoms with Gasteiger partial charge >= 0.3 is 0 Å². The summed E-state index contributed by atoms with van der Waals surface area (Å²) >= 11 is 1.29. The SMILES string of the molecule is CCNc1cc([N+](=O)[O-])cc(SCCO)n1. The Labute approximate surface area is 97.2 Å². The van der Waals surface area contributed by atoms with Crippen LogP contribution in [0.15, 0.2) is 17.2 Å². The third kappa shape index (κ3) is 3.67. The summed E-state index contributed by atoms with van der Waals surface area (Å²) in [6.45, 7) is 2.56. The standard InChI is InChI=1S/C9H13N3O3S/c1-2-10-8-5-7(12(14)15)6-9(11-8)16-4-3-13/h5-6,13H,2-4H2,1H3,(H,10,11). The van der Waals surface area contributed by atoms with Crippen molar-refractivity contribution < 1.29 is 10.0 Å². The van der Waals surface area contributed by atoms with Crippen molar-refractivity contribution in [2.45, 2.75) is 11.9 Å². The Kier molecular flexibility index (Phi) is 5.00. The molecule has 16 heavy (non-hydrogen) atoms. The molecular formula is C9H13N3O3S. The van der Waals surface area contributed by atoms with Gasteiger partial charge in [-0.25, -0.2) is 4.98 Å². The van der Waals surface area contributed by atoms with E-state index in [-0.39, 0.29) is 12.3 Å². The van der Waals surface area contributed by atoms with Crippen molar-refractivity contribution in [1.29, 1.82) is 0 Å². The molecule has 0 unspecified atom stereocenters.